The summed E-state index contributed by atoms with van der Waals surface area (Å²) in [5.74, 6) is 1.48. The first-order chi connectivity index (χ1) is 33.7. The Bertz CT molecular complexity index is 2310. The number of nitrogens with zero attached hydrogens (tertiary/aromatic N) is 3. The monoisotopic (exact) mass is 1050 g/mol. The Hall–Kier alpha value is -5.83. The topological polar surface area (TPSA) is 237 Å². The van der Waals surface area contributed by atoms with Crippen molar-refractivity contribution < 1.29 is 77.1 Å². The molecule has 3 aromatic heterocycles. The number of rotatable bonds is 12. The van der Waals surface area contributed by atoms with Gasteiger partial charge in [-0.1, -0.05) is 158 Å². The molecule has 0 spiro atoms. The molecule has 6 N–H and O–H groups in total. The van der Waals surface area contributed by atoms with Crippen molar-refractivity contribution in [2.45, 2.75) is 122 Å². The van der Waals surface area contributed by atoms with Crippen molar-refractivity contribution in [1.29, 1.82) is 0 Å². The van der Waals surface area contributed by atoms with Crippen molar-refractivity contribution in [3.8, 4) is 33.8 Å². The van der Waals surface area contributed by atoms with Gasteiger partial charge in [0, 0.05) is 80.9 Å². The molecule has 382 valence electrons. The molecule has 71 heavy (non-hydrogen) atoms. The minimum atomic E-state index is -0.609. The van der Waals surface area contributed by atoms with Crippen molar-refractivity contribution in [1.82, 2.24) is 26.1 Å². The predicted molar refractivity (Wildman–Crippen MR) is 261 cm³/mol. The molecule has 0 radical (unpaired) electrons. The van der Waals surface area contributed by atoms with E-state index >= 15 is 0 Å². The van der Waals surface area contributed by atoms with Gasteiger partial charge in [-0.3, -0.25) is 19.2 Å². The summed E-state index contributed by atoms with van der Waals surface area (Å²) in [5.41, 5.74) is 10.9. The number of carbonyl (C=O) groups excluding carboxylic acids is 2. The van der Waals surface area contributed by atoms with Gasteiger partial charge >= 0.3 is 11.9 Å². The number of aromatic nitrogens is 3. The van der Waals surface area contributed by atoms with Crippen LogP contribution in [0, 0.1) is 23.7 Å². The molecular formula is C54H66Fe2N6O9. The maximum absolute atomic E-state index is 11.9. The largest absolute Gasteiger partial charge is 0.481 e. The van der Waals surface area contributed by atoms with Gasteiger partial charge in [-0.2, -0.15) is 0 Å². The minimum Gasteiger partial charge on any atom is -0.481 e. The SMILES string of the molecule is NCc1cc(-c2ccccc2)no1.O=C(NCc1cc(-c2ccccc2)no1)C1CCCC1.O=C(NCc1cc(-c2ccccc2)no1)C1CCCC1.O=C(O)C1CCCC1.O=C(O)C1CCCC1.[Fe].[Fe]. The van der Waals surface area contributed by atoms with Crippen LogP contribution in [0.2, 0.25) is 0 Å². The smallest absolute Gasteiger partial charge is 0.306 e. The number of benzene rings is 3. The first-order valence-corrected chi connectivity index (χ1v) is 24.4. The van der Waals surface area contributed by atoms with E-state index in [0.29, 0.717) is 36.9 Å². The summed E-state index contributed by atoms with van der Waals surface area (Å²) in [5, 5.41) is 34.7. The van der Waals surface area contributed by atoms with Crippen LogP contribution in [0.3, 0.4) is 0 Å². The van der Waals surface area contributed by atoms with E-state index in [1.54, 1.807) is 0 Å². The van der Waals surface area contributed by atoms with Gasteiger partial charge in [-0.15, -0.1) is 0 Å². The zero-order valence-corrected chi connectivity index (χ0v) is 42.2. The maximum Gasteiger partial charge on any atom is 0.306 e. The van der Waals surface area contributed by atoms with Crippen LogP contribution in [-0.2, 0) is 72.9 Å². The van der Waals surface area contributed by atoms with E-state index in [1.807, 2.05) is 109 Å². The molecule has 10 rings (SSSR count). The summed E-state index contributed by atoms with van der Waals surface area (Å²) < 4.78 is 15.5. The molecule has 17 heteroatoms. The van der Waals surface area contributed by atoms with Gasteiger partial charge in [0.2, 0.25) is 11.8 Å². The van der Waals surface area contributed by atoms with Crippen LogP contribution in [0.25, 0.3) is 33.8 Å². The Morgan fingerprint density at radius 1 is 0.451 bits per heavy atom. The van der Waals surface area contributed by atoms with Crippen LogP contribution < -0.4 is 16.4 Å². The molecular weight excluding hydrogens is 988 g/mol. The van der Waals surface area contributed by atoms with Crippen LogP contribution in [0.4, 0.5) is 0 Å². The third kappa shape index (κ3) is 19.4. The Balaban J connectivity index is 0.000000201. The molecule has 0 bridgehead atoms. The Morgan fingerprint density at radius 3 is 0.972 bits per heavy atom. The van der Waals surface area contributed by atoms with Crippen molar-refractivity contribution in [3.05, 3.63) is 126 Å². The number of nitrogens with two attached hydrogens (primary N) is 1. The van der Waals surface area contributed by atoms with Crippen LogP contribution in [-0.4, -0.2) is 49.4 Å². The van der Waals surface area contributed by atoms with E-state index in [0.717, 1.165) is 111 Å². The number of nitrogens with one attached hydrogen (secondary N) is 2. The predicted octanol–water partition coefficient (Wildman–Crippen LogP) is 10.6. The number of amides is 2. The standard InChI is InChI=1S/2C16H18N2O2.C10H10N2O.2C6H10O2.2Fe/c2*19-16(13-8-4-5-9-13)17-11-14-10-15(18-20-14)12-6-2-1-3-7-12;11-7-9-6-10(12-13-9)8-4-2-1-3-5-8;2*7-6(8)5-3-1-2-4-5;;/h2*1-3,6-7,10,13H,4-5,8-9,11H2,(H,17,19);1-6H,7,11H2;2*5H,1-4H2,(H,7,8);;. The van der Waals surface area contributed by atoms with Crippen molar-refractivity contribution in [2.75, 3.05) is 0 Å². The van der Waals surface area contributed by atoms with E-state index in [2.05, 4.69) is 26.1 Å². The van der Waals surface area contributed by atoms with Gasteiger partial charge in [-0.25, -0.2) is 0 Å². The second-order valence-electron chi connectivity index (χ2n) is 17.9. The fourth-order valence-electron chi connectivity index (χ4n) is 8.80. The molecule has 0 aliphatic heterocycles. The number of carbonyl (C=O) groups is 4. The molecule has 2 amide bonds. The second kappa shape index (κ2) is 31.5. The normalized spacial score (nSPS) is 15.4. The van der Waals surface area contributed by atoms with Gasteiger partial charge in [0.1, 0.15) is 17.1 Å². The van der Waals surface area contributed by atoms with E-state index in [-0.39, 0.29) is 69.6 Å². The van der Waals surface area contributed by atoms with Gasteiger partial charge in [-0.05, 0) is 51.4 Å². The van der Waals surface area contributed by atoms with Crippen molar-refractivity contribution in [3.63, 3.8) is 0 Å². The van der Waals surface area contributed by atoms with Crippen LogP contribution in [0.1, 0.15) is 120 Å². The van der Waals surface area contributed by atoms with E-state index in [9.17, 15) is 19.2 Å². The molecule has 4 saturated carbocycles. The summed E-state index contributed by atoms with van der Waals surface area (Å²) in [6.45, 7) is 1.21. The average Bonchev–Trinajstić information content (AvgIpc) is 4.25. The van der Waals surface area contributed by atoms with Crippen LogP contribution in [0.15, 0.2) is 123 Å². The summed E-state index contributed by atoms with van der Waals surface area (Å²) in [6, 6.07) is 35.2. The molecule has 4 fully saturated rings. The Morgan fingerprint density at radius 2 is 0.718 bits per heavy atom. The maximum atomic E-state index is 11.9. The number of hydrogen-bond acceptors (Lipinski definition) is 11. The Kier molecular flexibility index (Phi) is 25.6. The number of hydrogen-bond donors (Lipinski definition) is 5. The zero-order chi connectivity index (χ0) is 48.6. The molecule has 6 aromatic rings. The summed E-state index contributed by atoms with van der Waals surface area (Å²) in [4.78, 5) is 44.2. The summed E-state index contributed by atoms with van der Waals surface area (Å²) in [7, 11) is 0. The first-order valence-electron chi connectivity index (χ1n) is 24.4. The number of carboxylic acid groups (broad SMARTS) is 2. The third-order valence-electron chi connectivity index (χ3n) is 12.8. The van der Waals surface area contributed by atoms with Gasteiger partial charge in [0.15, 0.2) is 17.3 Å². The number of aliphatic carboxylic acids is 2. The van der Waals surface area contributed by atoms with Crippen molar-refractivity contribution >= 4 is 23.8 Å². The average molecular weight is 1050 g/mol. The minimum absolute atomic E-state index is 0. The van der Waals surface area contributed by atoms with E-state index < -0.39 is 11.9 Å². The van der Waals surface area contributed by atoms with E-state index in [4.69, 9.17) is 29.5 Å². The third-order valence-corrected chi connectivity index (χ3v) is 12.8. The molecule has 15 nitrogen and oxygen atoms in total. The first kappa shape index (κ1) is 57.7. The van der Waals surface area contributed by atoms with Crippen molar-refractivity contribution in [2.24, 2.45) is 29.4 Å². The van der Waals surface area contributed by atoms with Crippen LogP contribution >= 0.6 is 0 Å². The molecule has 0 saturated heterocycles. The second-order valence-corrected chi connectivity index (χ2v) is 17.9. The van der Waals surface area contributed by atoms with Gasteiger partial charge < -0.3 is 40.1 Å². The van der Waals surface area contributed by atoms with E-state index in [1.165, 1.54) is 25.7 Å². The van der Waals surface area contributed by atoms with Crippen LogP contribution in [0.5, 0.6) is 0 Å². The van der Waals surface area contributed by atoms with Gasteiger partial charge in [0.25, 0.3) is 0 Å². The quantitative estimate of drug-likeness (QED) is 0.0718. The fraction of sp³-hybridized carbons (Fsp3) is 0.426. The zero-order valence-electron chi connectivity index (χ0n) is 40.0. The fourth-order valence-corrected chi connectivity index (χ4v) is 8.80. The molecule has 3 heterocycles. The molecule has 4 aliphatic carbocycles. The molecule has 0 atom stereocenters. The van der Waals surface area contributed by atoms with Gasteiger partial charge in [0.05, 0.1) is 31.5 Å². The molecule has 3 aromatic carbocycles. The number of carboxylic acids is 2. The Labute approximate surface area is 436 Å². The molecule has 4 aliphatic rings. The summed E-state index contributed by atoms with van der Waals surface area (Å²) in [6.07, 6.45) is 16.7. The summed E-state index contributed by atoms with van der Waals surface area (Å²) >= 11 is 0. The molecule has 0 unspecified atom stereocenters.